The number of carboxylic acids is 1. The molecule has 0 radical (unpaired) electrons. The topological polar surface area (TPSA) is 77.8 Å². The first kappa shape index (κ1) is 14.7. The first-order valence-corrected chi connectivity index (χ1v) is 5.81. The molecule has 0 aromatic rings. The molecule has 0 aliphatic carbocycles. The highest BCUT2D eigenvalue weighted by Gasteiger charge is 2.39. The highest BCUT2D eigenvalue weighted by Crippen LogP contribution is 2.29. The number of halogens is 2. The van der Waals surface area contributed by atoms with Crippen LogP contribution in [0.4, 0.5) is 13.6 Å². The van der Waals surface area contributed by atoms with Gasteiger partial charge in [-0.05, 0) is 32.1 Å². The predicted molar refractivity (Wildman–Crippen MR) is 58.7 cm³/mol. The van der Waals surface area contributed by atoms with Crippen LogP contribution >= 0.6 is 0 Å². The summed E-state index contributed by atoms with van der Waals surface area (Å²) in [6, 6.07) is -1.05. The third kappa shape index (κ3) is 4.12. The van der Waals surface area contributed by atoms with E-state index < -0.39 is 24.0 Å². The van der Waals surface area contributed by atoms with Gasteiger partial charge in [-0.1, -0.05) is 0 Å². The molecule has 1 rings (SSSR count). The molecule has 2 unspecified atom stereocenters. The van der Waals surface area contributed by atoms with Crippen molar-refractivity contribution in [3.63, 3.8) is 0 Å². The molecule has 1 fully saturated rings. The van der Waals surface area contributed by atoms with Crippen LogP contribution in [-0.4, -0.2) is 45.7 Å². The van der Waals surface area contributed by atoms with Gasteiger partial charge in [0, 0.05) is 13.0 Å². The summed E-state index contributed by atoms with van der Waals surface area (Å²) in [5.74, 6) is -4.05. The van der Waals surface area contributed by atoms with Crippen LogP contribution < -0.4 is 0 Å². The van der Waals surface area contributed by atoms with Crippen LogP contribution in [0.1, 0.15) is 32.6 Å². The van der Waals surface area contributed by atoms with Crippen molar-refractivity contribution < 1.29 is 28.6 Å². The number of amides is 1. The number of hydrogen-bond acceptors (Lipinski definition) is 2. The van der Waals surface area contributed by atoms with Crippen molar-refractivity contribution in [1.82, 2.24) is 4.90 Å². The molecule has 0 bridgehead atoms. The summed E-state index contributed by atoms with van der Waals surface area (Å²) in [5.41, 5.74) is 0. The third-order valence-corrected chi connectivity index (χ3v) is 3.15. The minimum absolute atomic E-state index is 0.113. The van der Waals surface area contributed by atoms with Gasteiger partial charge in [-0.25, -0.2) is 18.4 Å². The highest BCUT2D eigenvalue weighted by atomic mass is 19.3. The Kier molecular flexibility index (Phi) is 4.48. The average Bonchev–Trinajstić information content (AvgIpc) is 2.60. The molecule has 1 aliphatic heterocycles. The highest BCUT2D eigenvalue weighted by molar-refractivity contribution is 5.80. The Morgan fingerprint density at radius 1 is 1.39 bits per heavy atom. The number of carboxylic acid groups (broad SMARTS) is 2. The van der Waals surface area contributed by atoms with Crippen molar-refractivity contribution in [2.24, 2.45) is 5.92 Å². The van der Waals surface area contributed by atoms with Crippen LogP contribution in [0, 0.1) is 5.92 Å². The Bertz CT molecular complexity index is 307. The molecule has 1 amide bonds. The molecule has 1 saturated heterocycles. The first-order chi connectivity index (χ1) is 8.20. The maximum Gasteiger partial charge on any atom is 0.408 e. The first-order valence-electron chi connectivity index (χ1n) is 5.81. The summed E-state index contributed by atoms with van der Waals surface area (Å²) >= 11 is 0. The van der Waals surface area contributed by atoms with Gasteiger partial charge in [-0.2, -0.15) is 0 Å². The van der Waals surface area contributed by atoms with Gasteiger partial charge in [0.15, 0.2) is 0 Å². The number of alkyl halides is 2. The molecular weight excluding hydrogens is 248 g/mol. The Labute approximate surface area is 103 Å². The lowest BCUT2D eigenvalue weighted by Gasteiger charge is -2.17. The zero-order valence-electron chi connectivity index (χ0n) is 10.1. The quantitative estimate of drug-likeness (QED) is 0.799. The van der Waals surface area contributed by atoms with Crippen molar-refractivity contribution in [3.8, 4) is 0 Å². The van der Waals surface area contributed by atoms with E-state index in [0.717, 1.165) is 11.8 Å². The Hall–Kier alpha value is -1.40. The van der Waals surface area contributed by atoms with E-state index in [4.69, 9.17) is 10.2 Å². The molecule has 0 saturated carbocycles. The van der Waals surface area contributed by atoms with E-state index in [2.05, 4.69) is 0 Å². The molecule has 0 aromatic carbocycles. The summed E-state index contributed by atoms with van der Waals surface area (Å²) in [6.45, 7) is 0.951. The zero-order chi connectivity index (χ0) is 13.9. The smallest absolute Gasteiger partial charge is 0.408 e. The number of carbonyl (C=O) groups is 2. The van der Waals surface area contributed by atoms with E-state index in [-0.39, 0.29) is 31.7 Å². The minimum atomic E-state index is -2.72. The molecule has 7 heteroatoms. The van der Waals surface area contributed by atoms with Gasteiger partial charge in [0.05, 0.1) is 0 Å². The van der Waals surface area contributed by atoms with E-state index in [0.29, 0.717) is 6.42 Å². The standard InChI is InChI=1S/C11H17F2NO4/c1-11(12,13)4-2-3-7-5-8(9(15)16)14(6-7)10(17)18/h7-8H,2-6H2,1H3,(H,15,16)(H,17,18). The lowest BCUT2D eigenvalue weighted by Crippen LogP contribution is -2.39. The predicted octanol–water partition coefficient (Wildman–Crippen LogP) is 2.26. The van der Waals surface area contributed by atoms with Crippen LogP contribution in [0.25, 0.3) is 0 Å². The van der Waals surface area contributed by atoms with E-state index in [1.807, 2.05) is 0 Å². The van der Waals surface area contributed by atoms with Gasteiger partial charge in [0.2, 0.25) is 5.92 Å². The summed E-state index contributed by atoms with van der Waals surface area (Å²) in [7, 11) is 0. The third-order valence-electron chi connectivity index (χ3n) is 3.15. The number of rotatable bonds is 5. The number of aliphatic carboxylic acids is 1. The van der Waals surface area contributed by atoms with Crippen LogP contribution in [0.2, 0.25) is 0 Å². The Morgan fingerprint density at radius 3 is 2.39 bits per heavy atom. The summed E-state index contributed by atoms with van der Waals surface area (Å²) in [4.78, 5) is 22.6. The van der Waals surface area contributed by atoms with Crippen LogP contribution in [-0.2, 0) is 4.79 Å². The normalized spacial score (nSPS) is 24.3. The van der Waals surface area contributed by atoms with Crippen molar-refractivity contribution in [3.05, 3.63) is 0 Å². The molecule has 104 valence electrons. The van der Waals surface area contributed by atoms with Gasteiger partial charge in [-0.15, -0.1) is 0 Å². The lowest BCUT2D eigenvalue weighted by molar-refractivity contribution is -0.141. The van der Waals surface area contributed by atoms with E-state index in [1.54, 1.807) is 0 Å². The number of likely N-dealkylation sites (tertiary alicyclic amines) is 1. The largest absolute Gasteiger partial charge is 0.480 e. The summed E-state index contributed by atoms with van der Waals surface area (Å²) < 4.78 is 25.2. The maximum atomic E-state index is 12.6. The number of hydrogen-bond donors (Lipinski definition) is 2. The van der Waals surface area contributed by atoms with Crippen molar-refractivity contribution in [1.29, 1.82) is 0 Å². The molecular formula is C11H17F2NO4. The molecule has 1 heterocycles. The summed E-state index contributed by atoms with van der Waals surface area (Å²) in [6.07, 6.45) is -0.623. The average molecular weight is 265 g/mol. The molecule has 18 heavy (non-hydrogen) atoms. The Balaban J connectivity index is 2.46. The van der Waals surface area contributed by atoms with Crippen molar-refractivity contribution in [2.75, 3.05) is 6.54 Å². The van der Waals surface area contributed by atoms with E-state index in [1.165, 1.54) is 0 Å². The SMILES string of the molecule is CC(F)(F)CCCC1CC(C(=O)O)N(C(=O)O)C1. The number of nitrogens with zero attached hydrogens (tertiary/aromatic N) is 1. The van der Waals surface area contributed by atoms with Gasteiger partial charge in [0.1, 0.15) is 6.04 Å². The fraction of sp³-hybridized carbons (Fsp3) is 0.818. The lowest BCUT2D eigenvalue weighted by atomic mass is 9.98. The fourth-order valence-corrected chi connectivity index (χ4v) is 2.28. The van der Waals surface area contributed by atoms with Crippen molar-refractivity contribution in [2.45, 2.75) is 44.6 Å². The fourth-order valence-electron chi connectivity index (χ4n) is 2.28. The van der Waals surface area contributed by atoms with Crippen molar-refractivity contribution >= 4 is 12.1 Å². The van der Waals surface area contributed by atoms with Gasteiger partial charge < -0.3 is 10.2 Å². The molecule has 2 N–H and O–H groups in total. The molecule has 0 aromatic heterocycles. The minimum Gasteiger partial charge on any atom is -0.480 e. The Morgan fingerprint density at radius 2 is 2.00 bits per heavy atom. The van der Waals surface area contributed by atoms with Gasteiger partial charge in [-0.3, -0.25) is 4.90 Å². The van der Waals surface area contributed by atoms with Gasteiger partial charge in [0.25, 0.3) is 0 Å². The van der Waals surface area contributed by atoms with Gasteiger partial charge >= 0.3 is 12.1 Å². The second-order valence-corrected chi connectivity index (χ2v) is 4.85. The second kappa shape index (κ2) is 5.49. The summed E-state index contributed by atoms with van der Waals surface area (Å²) in [5, 5.41) is 17.7. The van der Waals surface area contributed by atoms with Crippen LogP contribution in [0.5, 0.6) is 0 Å². The molecule has 5 nitrogen and oxygen atoms in total. The maximum absolute atomic E-state index is 12.6. The second-order valence-electron chi connectivity index (χ2n) is 4.85. The molecule has 2 atom stereocenters. The van der Waals surface area contributed by atoms with Crippen LogP contribution in [0.15, 0.2) is 0 Å². The van der Waals surface area contributed by atoms with Crippen LogP contribution in [0.3, 0.4) is 0 Å². The zero-order valence-corrected chi connectivity index (χ0v) is 10.1. The molecule has 1 aliphatic rings. The monoisotopic (exact) mass is 265 g/mol. The molecule has 0 spiro atoms. The van der Waals surface area contributed by atoms with E-state index in [9.17, 15) is 18.4 Å². The van der Waals surface area contributed by atoms with E-state index >= 15 is 0 Å².